The second kappa shape index (κ2) is 6.93. The summed E-state index contributed by atoms with van der Waals surface area (Å²) in [5, 5.41) is 13.7. The van der Waals surface area contributed by atoms with Gasteiger partial charge in [0.15, 0.2) is 0 Å². The number of β-amino-alcohol motifs (C(OH)–C–C–N with tert-alkyl or cyclic N) is 1. The summed E-state index contributed by atoms with van der Waals surface area (Å²) in [5.41, 5.74) is 1.47. The number of rotatable bonds is 4. The van der Waals surface area contributed by atoms with Crippen LogP contribution in [0, 0.1) is 0 Å². The molecule has 0 bridgehead atoms. The first-order valence-corrected chi connectivity index (χ1v) is 7.94. The average Bonchev–Trinajstić information content (AvgIpc) is 3.09. The van der Waals surface area contributed by atoms with E-state index in [0.29, 0.717) is 25.2 Å². The molecule has 0 aliphatic carbocycles. The van der Waals surface area contributed by atoms with Gasteiger partial charge in [0.2, 0.25) is 0 Å². The normalized spacial score (nSPS) is 17.2. The molecule has 0 unspecified atom stereocenters. The van der Waals surface area contributed by atoms with Gasteiger partial charge in [-0.15, -0.1) is 0 Å². The number of aliphatic hydroxyl groups is 1. The number of hydrogen-bond donors (Lipinski definition) is 1. The number of para-hydroxylation sites is 1. The molecule has 1 atom stereocenters. The van der Waals surface area contributed by atoms with Crippen LogP contribution in [0.4, 0.5) is 0 Å². The maximum absolute atomic E-state index is 12.9. The van der Waals surface area contributed by atoms with Crippen LogP contribution in [0.3, 0.4) is 0 Å². The molecule has 1 aliphatic rings. The number of benzene rings is 1. The maximum Gasteiger partial charge on any atom is 0.256 e. The monoisotopic (exact) mass is 314 g/mol. The van der Waals surface area contributed by atoms with Gasteiger partial charge in [0.1, 0.15) is 0 Å². The van der Waals surface area contributed by atoms with Crippen molar-refractivity contribution >= 4 is 5.91 Å². The van der Waals surface area contributed by atoms with Crippen molar-refractivity contribution in [2.75, 3.05) is 32.7 Å². The third-order valence-electron chi connectivity index (χ3n) is 4.07. The highest BCUT2D eigenvalue weighted by molar-refractivity contribution is 5.97. The van der Waals surface area contributed by atoms with Crippen molar-refractivity contribution < 1.29 is 9.90 Å². The number of carbonyl (C=O) groups excluding carboxylic acids is 1. The fourth-order valence-electron chi connectivity index (χ4n) is 2.94. The molecule has 0 saturated carbocycles. The van der Waals surface area contributed by atoms with E-state index in [1.807, 2.05) is 41.4 Å². The number of piperazine rings is 1. The molecule has 1 aromatic carbocycles. The Bertz CT molecular complexity index is 646. The summed E-state index contributed by atoms with van der Waals surface area (Å²) in [5.74, 6) is 0.0350. The molecule has 3 rings (SSSR count). The van der Waals surface area contributed by atoms with Crippen LogP contribution in [-0.4, -0.2) is 69.4 Å². The Kier molecular flexibility index (Phi) is 4.73. The lowest BCUT2D eigenvalue weighted by atomic mass is 10.1. The second-order valence-electron chi connectivity index (χ2n) is 5.91. The predicted molar refractivity (Wildman–Crippen MR) is 87.6 cm³/mol. The number of aromatic nitrogens is 2. The topological polar surface area (TPSA) is 61.6 Å². The van der Waals surface area contributed by atoms with E-state index < -0.39 is 0 Å². The third kappa shape index (κ3) is 3.60. The first kappa shape index (κ1) is 15.7. The molecule has 2 aromatic rings. The predicted octanol–water partition coefficient (Wildman–Crippen LogP) is 1.01. The minimum Gasteiger partial charge on any atom is -0.392 e. The zero-order chi connectivity index (χ0) is 16.2. The zero-order valence-electron chi connectivity index (χ0n) is 13.3. The molecule has 23 heavy (non-hydrogen) atoms. The van der Waals surface area contributed by atoms with Gasteiger partial charge < -0.3 is 10.0 Å². The largest absolute Gasteiger partial charge is 0.392 e. The smallest absolute Gasteiger partial charge is 0.256 e. The van der Waals surface area contributed by atoms with Crippen molar-refractivity contribution in [3.8, 4) is 5.69 Å². The van der Waals surface area contributed by atoms with E-state index in [2.05, 4.69) is 10.00 Å². The number of carbonyl (C=O) groups is 1. The Labute approximate surface area is 135 Å². The van der Waals surface area contributed by atoms with E-state index >= 15 is 0 Å². The van der Waals surface area contributed by atoms with Crippen molar-refractivity contribution in [3.05, 3.63) is 48.3 Å². The highest BCUT2D eigenvalue weighted by Gasteiger charge is 2.24. The molecular weight excluding hydrogens is 292 g/mol. The van der Waals surface area contributed by atoms with Gasteiger partial charge in [0.25, 0.3) is 5.91 Å². The Morgan fingerprint density at radius 2 is 1.96 bits per heavy atom. The summed E-state index contributed by atoms with van der Waals surface area (Å²) < 4.78 is 1.72. The van der Waals surface area contributed by atoms with Gasteiger partial charge in [-0.3, -0.25) is 9.69 Å². The van der Waals surface area contributed by atoms with E-state index in [0.717, 1.165) is 18.8 Å². The SMILES string of the molecule is C[C@H](O)CN1CCN(C(=O)c2ccccc2-n2cccn2)CC1. The standard InChI is InChI=1S/C17H22N4O2/c1-14(22)13-19-9-11-20(12-10-19)17(23)15-5-2-3-6-16(15)21-8-4-7-18-21/h2-8,14,22H,9-13H2,1H3/t14-/m0/s1. The molecular formula is C17H22N4O2. The lowest BCUT2D eigenvalue weighted by Gasteiger charge is -2.35. The first-order valence-electron chi connectivity index (χ1n) is 7.94. The van der Waals surface area contributed by atoms with Crippen LogP contribution in [0.2, 0.25) is 0 Å². The van der Waals surface area contributed by atoms with Gasteiger partial charge in [-0.25, -0.2) is 4.68 Å². The molecule has 1 aromatic heterocycles. The fourth-order valence-corrected chi connectivity index (χ4v) is 2.94. The van der Waals surface area contributed by atoms with Crippen molar-refractivity contribution in [1.82, 2.24) is 19.6 Å². The average molecular weight is 314 g/mol. The van der Waals surface area contributed by atoms with Gasteiger partial charge in [0, 0.05) is 45.1 Å². The van der Waals surface area contributed by atoms with Crippen LogP contribution >= 0.6 is 0 Å². The summed E-state index contributed by atoms with van der Waals surface area (Å²) in [4.78, 5) is 16.9. The lowest BCUT2D eigenvalue weighted by molar-refractivity contribution is 0.0554. The second-order valence-corrected chi connectivity index (χ2v) is 5.91. The van der Waals surface area contributed by atoms with Crippen molar-refractivity contribution in [3.63, 3.8) is 0 Å². The van der Waals surface area contributed by atoms with Crippen LogP contribution in [0.5, 0.6) is 0 Å². The highest BCUT2D eigenvalue weighted by atomic mass is 16.3. The van der Waals surface area contributed by atoms with Gasteiger partial charge in [-0.2, -0.15) is 5.10 Å². The first-order chi connectivity index (χ1) is 11.1. The summed E-state index contributed by atoms with van der Waals surface area (Å²) in [6.07, 6.45) is 3.21. The summed E-state index contributed by atoms with van der Waals surface area (Å²) in [6.45, 7) is 5.39. The third-order valence-corrected chi connectivity index (χ3v) is 4.07. The molecule has 6 heteroatoms. The summed E-state index contributed by atoms with van der Waals surface area (Å²) >= 11 is 0. The van der Waals surface area contributed by atoms with Crippen LogP contribution < -0.4 is 0 Å². The minimum atomic E-state index is -0.335. The Morgan fingerprint density at radius 1 is 1.22 bits per heavy atom. The summed E-state index contributed by atoms with van der Waals surface area (Å²) in [6, 6.07) is 9.39. The van der Waals surface area contributed by atoms with E-state index in [-0.39, 0.29) is 12.0 Å². The fraction of sp³-hybridized carbons (Fsp3) is 0.412. The van der Waals surface area contributed by atoms with Crippen molar-refractivity contribution in [2.45, 2.75) is 13.0 Å². The van der Waals surface area contributed by atoms with E-state index in [1.54, 1.807) is 17.8 Å². The quantitative estimate of drug-likeness (QED) is 0.915. The van der Waals surface area contributed by atoms with E-state index in [9.17, 15) is 9.90 Å². The maximum atomic E-state index is 12.9. The van der Waals surface area contributed by atoms with Gasteiger partial charge in [0.05, 0.1) is 17.4 Å². The molecule has 2 heterocycles. The Morgan fingerprint density at radius 3 is 2.61 bits per heavy atom. The molecule has 1 aliphatic heterocycles. The molecule has 1 fully saturated rings. The van der Waals surface area contributed by atoms with E-state index in [4.69, 9.17) is 0 Å². The van der Waals surface area contributed by atoms with Gasteiger partial charge >= 0.3 is 0 Å². The van der Waals surface area contributed by atoms with Crippen LogP contribution in [0.1, 0.15) is 17.3 Å². The van der Waals surface area contributed by atoms with Gasteiger partial charge in [-0.1, -0.05) is 12.1 Å². The molecule has 0 radical (unpaired) electrons. The number of amides is 1. The van der Waals surface area contributed by atoms with E-state index in [1.165, 1.54) is 0 Å². The number of nitrogens with zero attached hydrogens (tertiary/aromatic N) is 4. The van der Waals surface area contributed by atoms with Crippen molar-refractivity contribution in [1.29, 1.82) is 0 Å². The zero-order valence-corrected chi connectivity index (χ0v) is 13.3. The minimum absolute atomic E-state index is 0.0350. The molecule has 6 nitrogen and oxygen atoms in total. The molecule has 1 amide bonds. The number of hydrogen-bond acceptors (Lipinski definition) is 4. The lowest BCUT2D eigenvalue weighted by Crippen LogP contribution is -2.50. The molecule has 0 spiro atoms. The molecule has 1 N–H and O–H groups in total. The molecule has 1 saturated heterocycles. The van der Waals surface area contributed by atoms with Crippen LogP contribution in [0.25, 0.3) is 5.69 Å². The van der Waals surface area contributed by atoms with Crippen LogP contribution in [0.15, 0.2) is 42.7 Å². The summed E-state index contributed by atoms with van der Waals surface area (Å²) in [7, 11) is 0. The van der Waals surface area contributed by atoms with Crippen LogP contribution in [-0.2, 0) is 0 Å². The highest BCUT2D eigenvalue weighted by Crippen LogP contribution is 2.17. The van der Waals surface area contributed by atoms with Gasteiger partial charge in [-0.05, 0) is 25.1 Å². The van der Waals surface area contributed by atoms with Crippen molar-refractivity contribution in [2.24, 2.45) is 0 Å². The number of aliphatic hydroxyl groups excluding tert-OH is 1. The Hall–Kier alpha value is -2.18. The molecule has 122 valence electrons. The Balaban J connectivity index is 1.73.